The van der Waals surface area contributed by atoms with Crippen molar-refractivity contribution >= 4 is 5.91 Å². The van der Waals surface area contributed by atoms with Crippen molar-refractivity contribution in [2.75, 3.05) is 40.0 Å². The van der Waals surface area contributed by atoms with E-state index in [1.54, 1.807) is 7.11 Å². The molecule has 24 heavy (non-hydrogen) atoms. The largest absolute Gasteiger partial charge is 0.496 e. The van der Waals surface area contributed by atoms with Crippen molar-refractivity contribution in [2.24, 2.45) is 5.92 Å². The third kappa shape index (κ3) is 5.80. The number of methoxy groups -OCH3 is 1. The predicted molar refractivity (Wildman–Crippen MR) is 95.3 cm³/mol. The van der Waals surface area contributed by atoms with Crippen LogP contribution in [0, 0.1) is 5.92 Å². The first kappa shape index (κ1) is 18.7. The predicted octanol–water partition coefficient (Wildman–Crippen LogP) is 2.10. The average molecular weight is 334 g/mol. The molecule has 5 heteroatoms. The van der Waals surface area contributed by atoms with E-state index >= 15 is 0 Å². The molecule has 1 fully saturated rings. The van der Waals surface area contributed by atoms with E-state index in [1.165, 1.54) is 0 Å². The summed E-state index contributed by atoms with van der Waals surface area (Å²) >= 11 is 0. The lowest BCUT2D eigenvalue weighted by Crippen LogP contribution is -2.49. The SMILES string of the molecule is COc1ccccc1CC(=O)NCC(CC(C)C)N1CCOCC1. The lowest BCUT2D eigenvalue weighted by molar-refractivity contribution is -0.120. The highest BCUT2D eigenvalue weighted by atomic mass is 16.5. The molecular formula is C19H30N2O3. The second kappa shape index (κ2) is 9.64. The maximum atomic E-state index is 12.3. The number of hydrogen-bond acceptors (Lipinski definition) is 4. The smallest absolute Gasteiger partial charge is 0.224 e. The first-order chi connectivity index (χ1) is 11.6. The molecule has 1 amide bonds. The summed E-state index contributed by atoms with van der Waals surface area (Å²) in [5.41, 5.74) is 0.921. The van der Waals surface area contributed by atoms with Crippen molar-refractivity contribution < 1.29 is 14.3 Å². The van der Waals surface area contributed by atoms with Gasteiger partial charge in [0.2, 0.25) is 5.91 Å². The number of ether oxygens (including phenoxy) is 2. The zero-order valence-corrected chi connectivity index (χ0v) is 15.1. The molecule has 0 spiro atoms. The van der Waals surface area contributed by atoms with E-state index in [1.807, 2.05) is 24.3 Å². The lowest BCUT2D eigenvalue weighted by atomic mass is 10.0. The van der Waals surface area contributed by atoms with Crippen LogP contribution in [0.1, 0.15) is 25.8 Å². The molecule has 1 N–H and O–H groups in total. The number of nitrogens with zero attached hydrogens (tertiary/aromatic N) is 1. The number of hydrogen-bond donors (Lipinski definition) is 1. The molecule has 1 aliphatic heterocycles. The maximum absolute atomic E-state index is 12.3. The molecular weight excluding hydrogens is 304 g/mol. The molecule has 0 aromatic heterocycles. The number of rotatable bonds is 8. The van der Waals surface area contributed by atoms with Gasteiger partial charge in [0.15, 0.2) is 0 Å². The average Bonchev–Trinajstić information content (AvgIpc) is 2.59. The molecule has 1 aromatic rings. The molecule has 5 nitrogen and oxygen atoms in total. The Morgan fingerprint density at radius 2 is 2.00 bits per heavy atom. The molecule has 1 saturated heterocycles. The van der Waals surface area contributed by atoms with E-state index in [0.29, 0.717) is 24.9 Å². The van der Waals surface area contributed by atoms with Gasteiger partial charge in [-0.15, -0.1) is 0 Å². The third-order valence-electron chi connectivity index (χ3n) is 4.38. The molecule has 0 aliphatic carbocycles. The van der Waals surface area contributed by atoms with Gasteiger partial charge in [-0.2, -0.15) is 0 Å². The maximum Gasteiger partial charge on any atom is 0.224 e. The third-order valence-corrected chi connectivity index (χ3v) is 4.38. The number of carbonyl (C=O) groups excluding carboxylic acids is 1. The minimum Gasteiger partial charge on any atom is -0.496 e. The van der Waals surface area contributed by atoms with Crippen molar-refractivity contribution in [3.05, 3.63) is 29.8 Å². The first-order valence-electron chi connectivity index (χ1n) is 8.80. The van der Waals surface area contributed by atoms with Gasteiger partial charge in [-0.25, -0.2) is 0 Å². The van der Waals surface area contributed by atoms with Gasteiger partial charge in [-0.3, -0.25) is 9.69 Å². The molecule has 1 aliphatic rings. The second-order valence-corrected chi connectivity index (χ2v) is 6.72. The first-order valence-corrected chi connectivity index (χ1v) is 8.80. The van der Waals surface area contributed by atoms with Gasteiger partial charge in [-0.05, 0) is 18.4 Å². The van der Waals surface area contributed by atoms with Crippen LogP contribution in [0.25, 0.3) is 0 Å². The second-order valence-electron chi connectivity index (χ2n) is 6.72. The van der Waals surface area contributed by atoms with Gasteiger partial charge in [0.1, 0.15) is 5.75 Å². The fraction of sp³-hybridized carbons (Fsp3) is 0.632. The molecule has 1 unspecified atom stereocenters. The van der Waals surface area contributed by atoms with E-state index in [9.17, 15) is 4.79 Å². The summed E-state index contributed by atoms with van der Waals surface area (Å²) in [5, 5.41) is 3.11. The molecule has 134 valence electrons. The van der Waals surface area contributed by atoms with Crippen LogP contribution in [0.3, 0.4) is 0 Å². The molecule has 1 atom stereocenters. The Labute approximate surface area is 145 Å². The lowest BCUT2D eigenvalue weighted by Gasteiger charge is -2.35. The highest BCUT2D eigenvalue weighted by Gasteiger charge is 2.22. The summed E-state index contributed by atoms with van der Waals surface area (Å²) in [7, 11) is 1.63. The van der Waals surface area contributed by atoms with Gasteiger partial charge in [-0.1, -0.05) is 32.0 Å². The molecule has 0 bridgehead atoms. The standard InChI is InChI=1S/C19H30N2O3/c1-15(2)12-17(21-8-10-24-11-9-21)14-20-19(22)13-16-6-4-5-7-18(16)23-3/h4-7,15,17H,8-14H2,1-3H3,(H,20,22). The Bertz CT molecular complexity index is 513. The van der Waals surface area contributed by atoms with Crippen LogP contribution < -0.4 is 10.1 Å². The van der Waals surface area contributed by atoms with Crippen LogP contribution in [0.4, 0.5) is 0 Å². The van der Waals surface area contributed by atoms with E-state index in [0.717, 1.165) is 44.0 Å². The number of amides is 1. The van der Waals surface area contributed by atoms with Gasteiger partial charge < -0.3 is 14.8 Å². The summed E-state index contributed by atoms with van der Waals surface area (Å²) in [4.78, 5) is 14.8. The highest BCUT2D eigenvalue weighted by molar-refractivity contribution is 5.79. The number of carbonyl (C=O) groups is 1. The van der Waals surface area contributed by atoms with Gasteiger partial charge in [0, 0.05) is 31.2 Å². The number of morpholine rings is 1. The van der Waals surface area contributed by atoms with Crippen molar-refractivity contribution in [1.29, 1.82) is 0 Å². The van der Waals surface area contributed by atoms with Crippen molar-refractivity contribution in [1.82, 2.24) is 10.2 Å². The summed E-state index contributed by atoms with van der Waals surface area (Å²) in [5.74, 6) is 1.41. The Balaban J connectivity index is 1.89. The molecule has 0 radical (unpaired) electrons. The highest BCUT2D eigenvalue weighted by Crippen LogP contribution is 2.18. The summed E-state index contributed by atoms with van der Waals surface area (Å²) in [6.07, 6.45) is 1.43. The van der Waals surface area contributed by atoms with Crippen molar-refractivity contribution in [3.8, 4) is 5.75 Å². The number of nitrogens with one attached hydrogen (secondary N) is 1. The van der Waals surface area contributed by atoms with Gasteiger partial charge >= 0.3 is 0 Å². The Hall–Kier alpha value is -1.59. The zero-order chi connectivity index (χ0) is 17.4. The van der Waals surface area contributed by atoms with Crippen LogP contribution >= 0.6 is 0 Å². The summed E-state index contributed by atoms with van der Waals surface area (Å²) in [6.45, 7) is 8.59. The van der Waals surface area contributed by atoms with Crippen LogP contribution in [-0.2, 0) is 16.0 Å². The summed E-state index contributed by atoms with van der Waals surface area (Å²) in [6, 6.07) is 8.04. The van der Waals surface area contributed by atoms with Crippen molar-refractivity contribution in [2.45, 2.75) is 32.7 Å². The van der Waals surface area contributed by atoms with Crippen LogP contribution in [0.5, 0.6) is 5.75 Å². The van der Waals surface area contributed by atoms with E-state index < -0.39 is 0 Å². The van der Waals surface area contributed by atoms with E-state index in [4.69, 9.17) is 9.47 Å². The van der Waals surface area contributed by atoms with Gasteiger partial charge in [0.25, 0.3) is 0 Å². The van der Waals surface area contributed by atoms with Crippen LogP contribution in [0.2, 0.25) is 0 Å². The fourth-order valence-electron chi connectivity index (χ4n) is 3.16. The molecule has 0 saturated carbocycles. The topological polar surface area (TPSA) is 50.8 Å². The molecule has 1 aromatic carbocycles. The van der Waals surface area contributed by atoms with Crippen molar-refractivity contribution in [3.63, 3.8) is 0 Å². The fourth-order valence-corrected chi connectivity index (χ4v) is 3.16. The molecule has 1 heterocycles. The van der Waals surface area contributed by atoms with E-state index in [2.05, 4.69) is 24.1 Å². The van der Waals surface area contributed by atoms with Crippen LogP contribution in [0.15, 0.2) is 24.3 Å². The Morgan fingerprint density at radius 3 is 2.67 bits per heavy atom. The number of para-hydroxylation sites is 1. The quantitative estimate of drug-likeness (QED) is 0.791. The van der Waals surface area contributed by atoms with Gasteiger partial charge in [0.05, 0.1) is 26.7 Å². The number of benzene rings is 1. The zero-order valence-electron chi connectivity index (χ0n) is 15.1. The van der Waals surface area contributed by atoms with E-state index in [-0.39, 0.29) is 5.91 Å². The minimum atomic E-state index is 0.0431. The van der Waals surface area contributed by atoms with Crippen LogP contribution in [-0.4, -0.2) is 56.8 Å². The minimum absolute atomic E-state index is 0.0431. The normalized spacial score (nSPS) is 16.8. The Morgan fingerprint density at radius 1 is 1.29 bits per heavy atom. The molecule has 2 rings (SSSR count). The monoisotopic (exact) mass is 334 g/mol. The summed E-state index contributed by atoms with van der Waals surface area (Å²) < 4.78 is 10.8. The Kier molecular flexibility index (Phi) is 7.53.